The molecule has 1 aliphatic heterocycles. The van der Waals surface area contributed by atoms with Crippen molar-refractivity contribution < 1.29 is 18.3 Å². The van der Waals surface area contributed by atoms with Gasteiger partial charge < -0.3 is 5.11 Å². The van der Waals surface area contributed by atoms with Crippen molar-refractivity contribution in [3.63, 3.8) is 0 Å². The highest BCUT2D eigenvalue weighted by Crippen LogP contribution is 2.14. The van der Waals surface area contributed by atoms with Gasteiger partial charge in [0.1, 0.15) is 0 Å². The number of carboxylic acid groups (broad SMARTS) is 1. The second-order valence-electron chi connectivity index (χ2n) is 5.48. The Balaban J connectivity index is 2.54. The summed E-state index contributed by atoms with van der Waals surface area (Å²) in [4.78, 5) is 11.1. The maximum atomic E-state index is 12.0. The number of nitrogens with zero attached hydrogens (tertiary/aromatic N) is 1. The molecule has 0 aliphatic carbocycles. The number of hydrogen-bond acceptors (Lipinski definition) is 3. The first-order chi connectivity index (χ1) is 8.83. The van der Waals surface area contributed by atoms with Crippen LogP contribution in [0.4, 0.5) is 0 Å². The lowest BCUT2D eigenvalue weighted by molar-refractivity contribution is -0.142. The van der Waals surface area contributed by atoms with E-state index in [-0.39, 0.29) is 12.5 Å². The van der Waals surface area contributed by atoms with Crippen LogP contribution in [0.1, 0.15) is 39.5 Å². The zero-order valence-electron chi connectivity index (χ0n) is 11.6. The fraction of sp³-hybridized carbons (Fsp3) is 0.917. The first-order valence-electron chi connectivity index (χ1n) is 6.80. The molecule has 19 heavy (non-hydrogen) atoms. The minimum absolute atomic E-state index is 0.0354. The van der Waals surface area contributed by atoms with Crippen LogP contribution < -0.4 is 4.72 Å². The number of nitrogens with one attached hydrogen (secondary N) is 1. The van der Waals surface area contributed by atoms with E-state index >= 15 is 0 Å². The van der Waals surface area contributed by atoms with E-state index in [1.54, 1.807) is 0 Å². The predicted molar refractivity (Wildman–Crippen MR) is 72.9 cm³/mol. The van der Waals surface area contributed by atoms with Gasteiger partial charge in [-0.1, -0.05) is 20.3 Å². The van der Waals surface area contributed by atoms with Gasteiger partial charge in [0.25, 0.3) is 10.2 Å². The second-order valence-corrected chi connectivity index (χ2v) is 7.23. The molecule has 6 nitrogen and oxygen atoms in total. The number of hydrogen-bond donors (Lipinski definition) is 2. The molecule has 1 unspecified atom stereocenters. The van der Waals surface area contributed by atoms with Crippen molar-refractivity contribution in [3.8, 4) is 0 Å². The average molecular weight is 292 g/mol. The van der Waals surface area contributed by atoms with Crippen LogP contribution in [0.5, 0.6) is 0 Å². The van der Waals surface area contributed by atoms with Gasteiger partial charge in [0.2, 0.25) is 0 Å². The highest BCUT2D eigenvalue weighted by atomic mass is 32.2. The van der Waals surface area contributed by atoms with Gasteiger partial charge in [0.05, 0.1) is 5.92 Å². The smallest absolute Gasteiger partial charge is 0.307 e. The lowest BCUT2D eigenvalue weighted by atomic mass is 9.98. The van der Waals surface area contributed by atoms with Crippen molar-refractivity contribution >= 4 is 16.2 Å². The minimum Gasteiger partial charge on any atom is -0.481 e. The molecule has 0 amide bonds. The summed E-state index contributed by atoms with van der Waals surface area (Å²) in [6.07, 6.45) is 3.26. The average Bonchev–Trinajstić information content (AvgIpc) is 2.35. The lowest BCUT2D eigenvalue weighted by Crippen LogP contribution is -2.45. The van der Waals surface area contributed by atoms with E-state index in [2.05, 4.69) is 4.72 Å². The minimum atomic E-state index is -3.53. The molecule has 0 spiro atoms. The van der Waals surface area contributed by atoms with Gasteiger partial charge in [0.15, 0.2) is 0 Å². The highest BCUT2D eigenvalue weighted by molar-refractivity contribution is 7.87. The summed E-state index contributed by atoms with van der Waals surface area (Å²) in [5.41, 5.74) is 0. The molecule has 112 valence electrons. The molecule has 1 aliphatic rings. The third-order valence-electron chi connectivity index (χ3n) is 3.27. The number of piperidine rings is 1. The number of rotatable bonds is 7. The van der Waals surface area contributed by atoms with Gasteiger partial charge >= 0.3 is 5.97 Å². The van der Waals surface area contributed by atoms with Gasteiger partial charge in [-0.2, -0.15) is 12.7 Å². The third-order valence-corrected chi connectivity index (χ3v) is 4.85. The van der Waals surface area contributed by atoms with Crippen LogP contribution in [0.25, 0.3) is 0 Å². The largest absolute Gasteiger partial charge is 0.481 e. The van der Waals surface area contributed by atoms with Crippen molar-refractivity contribution in [2.75, 3.05) is 19.6 Å². The molecule has 2 N–H and O–H groups in total. The van der Waals surface area contributed by atoms with Crippen LogP contribution in [-0.4, -0.2) is 43.4 Å². The normalized spacial score (nSPS) is 19.5. The third kappa shape index (κ3) is 5.46. The van der Waals surface area contributed by atoms with Crippen molar-refractivity contribution in [2.45, 2.75) is 39.5 Å². The maximum Gasteiger partial charge on any atom is 0.307 e. The summed E-state index contributed by atoms with van der Waals surface area (Å²) in [5, 5.41) is 9.08. The molecule has 0 radical (unpaired) electrons. The SMILES string of the molecule is CC(C)CC(CNS(=O)(=O)N1CCCCC1)C(=O)O. The van der Waals surface area contributed by atoms with Crippen LogP contribution in [0.2, 0.25) is 0 Å². The highest BCUT2D eigenvalue weighted by Gasteiger charge is 2.26. The lowest BCUT2D eigenvalue weighted by Gasteiger charge is -2.26. The van der Waals surface area contributed by atoms with E-state index in [0.717, 1.165) is 19.3 Å². The van der Waals surface area contributed by atoms with E-state index in [0.29, 0.717) is 19.5 Å². The Kier molecular flexibility index (Phi) is 6.22. The molecule has 0 aromatic rings. The summed E-state index contributed by atoms with van der Waals surface area (Å²) in [5.74, 6) is -1.39. The van der Waals surface area contributed by atoms with Crippen LogP contribution in [0.3, 0.4) is 0 Å². The second kappa shape index (κ2) is 7.21. The Hall–Kier alpha value is -0.660. The first-order valence-corrected chi connectivity index (χ1v) is 8.24. The van der Waals surface area contributed by atoms with Crippen LogP contribution in [0, 0.1) is 11.8 Å². The fourth-order valence-corrected chi connectivity index (χ4v) is 3.58. The van der Waals surface area contributed by atoms with Crippen LogP contribution in [0.15, 0.2) is 0 Å². The molecule has 1 saturated heterocycles. The Morgan fingerprint density at radius 2 is 1.84 bits per heavy atom. The molecule has 0 aromatic carbocycles. The molecular formula is C12H24N2O4S. The molecule has 1 fully saturated rings. The Labute approximate surface area is 115 Å². The Morgan fingerprint density at radius 1 is 1.26 bits per heavy atom. The van der Waals surface area contributed by atoms with Gasteiger partial charge in [-0.25, -0.2) is 4.72 Å². The molecule has 1 heterocycles. The summed E-state index contributed by atoms with van der Waals surface area (Å²) >= 11 is 0. The van der Waals surface area contributed by atoms with Gasteiger partial charge in [0, 0.05) is 19.6 Å². The molecule has 0 aromatic heterocycles. The van der Waals surface area contributed by atoms with Crippen LogP contribution in [-0.2, 0) is 15.0 Å². The first kappa shape index (κ1) is 16.4. The quantitative estimate of drug-likeness (QED) is 0.734. The van der Waals surface area contributed by atoms with Crippen molar-refractivity contribution in [1.29, 1.82) is 0 Å². The number of carbonyl (C=O) groups is 1. The van der Waals surface area contributed by atoms with E-state index < -0.39 is 22.1 Å². The molecule has 0 bridgehead atoms. The van der Waals surface area contributed by atoms with Gasteiger partial charge in [-0.15, -0.1) is 0 Å². The summed E-state index contributed by atoms with van der Waals surface area (Å²) in [7, 11) is -3.53. The number of carboxylic acids is 1. The topological polar surface area (TPSA) is 86.7 Å². The fourth-order valence-electron chi connectivity index (χ4n) is 2.24. The zero-order valence-corrected chi connectivity index (χ0v) is 12.4. The van der Waals surface area contributed by atoms with E-state index in [1.807, 2.05) is 13.8 Å². The monoisotopic (exact) mass is 292 g/mol. The van der Waals surface area contributed by atoms with Gasteiger partial charge in [-0.05, 0) is 25.2 Å². The predicted octanol–water partition coefficient (Wildman–Crippen LogP) is 1.05. The van der Waals surface area contributed by atoms with Crippen molar-refractivity contribution in [3.05, 3.63) is 0 Å². The van der Waals surface area contributed by atoms with E-state index in [4.69, 9.17) is 5.11 Å². The van der Waals surface area contributed by atoms with Crippen molar-refractivity contribution in [1.82, 2.24) is 9.03 Å². The number of aliphatic carboxylic acids is 1. The summed E-state index contributed by atoms with van der Waals surface area (Å²) < 4.78 is 27.9. The summed E-state index contributed by atoms with van der Waals surface area (Å²) in [6, 6.07) is 0. The Morgan fingerprint density at radius 3 is 2.32 bits per heavy atom. The standard InChI is InChI=1S/C12H24N2O4S/c1-10(2)8-11(12(15)16)9-13-19(17,18)14-6-4-3-5-7-14/h10-11,13H,3-9H2,1-2H3,(H,15,16). The summed E-state index contributed by atoms with van der Waals surface area (Å²) in [6.45, 7) is 4.87. The van der Waals surface area contributed by atoms with E-state index in [1.165, 1.54) is 4.31 Å². The zero-order chi connectivity index (χ0) is 14.5. The molecule has 1 atom stereocenters. The maximum absolute atomic E-state index is 12.0. The van der Waals surface area contributed by atoms with Crippen LogP contribution >= 0.6 is 0 Å². The Bertz CT molecular complexity index is 389. The molecule has 0 saturated carbocycles. The van der Waals surface area contributed by atoms with Gasteiger partial charge in [-0.3, -0.25) is 4.79 Å². The molecule has 7 heteroatoms. The molecule has 1 rings (SSSR count). The molecular weight excluding hydrogens is 268 g/mol. The van der Waals surface area contributed by atoms with E-state index in [9.17, 15) is 13.2 Å². The van der Waals surface area contributed by atoms with Crippen molar-refractivity contribution in [2.24, 2.45) is 11.8 Å².